The van der Waals surface area contributed by atoms with E-state index in [0.717, 1.165) is 44.5 Å². The Kier molecular flexibility index (Phi) is 7.15. The van der Waals surface area contributed by atoms with E-state index in [1.807, 2.05) is 20.8 Å². The van der Waals surface area contributed by atoms with Gasteiger partial charge < -0.3 is 15.5 Å². The van der Waals surface area contributed by atoms with Gasteiger partial charge in [0.2, 0.25) is 11.9 Å². The second-order valence-electron chi connectivity index (χ2n) is 11.9. The predicted molar refractivity (Wildman–Crippen MR) is 154 cm³/mol. The Bertz CT molecular complexity index is 1500. The second-order valence-corrected chi connectivity index (χ2v) is 11.9. The number of rotatable bonds is 6. The Morgan fingerprint density at radius 1 is 1.13 bits per heavy atom. The van der Waals surface area contributed by atoms with E-state index >= 15 is 0 Å². The zero-order valence-corrected chi connectivity index (χ0v) is 23.4. The van der Waals surface area contributed by atoms with Crippen LogP contribution in [0.3, 0.4) is 0 Å². The minimum absolute atomic E-state index is 0.00929. The maximum Gasteiger partial charge on any atom is 0.278 e. The summed E-state index contributed by atoms with van der Waals surface area (Å²) in [6.07, 6.45) is 8.29. The van der Waals surface area contributed by atoms with Gasteiger partial charge in [0.1, 0.15) is 11.2 Å². The van der Waals surface area contributed by atoms with Crippen LogP contribution in [0.5, 0.6) is 0 Å². The van der Waals surface area contributed by atoms with Gasteiger partial charge in [0.05, 0.1) is 6.04 Å². The molecule has 0 bridgehead atoms. The molecule has 1 saturated heterocycles. The lowest BCUT2D eigenvalue weighted by molar-refractivity contribution is -0.117. The van der Waals surface area contributed by atoms with Crippen molar-refractivity contribution in [3.63, 3.8) is 0 Å². The molecule has 1 aliphatic carbocycles. The molecule has 39 heavy (non-hydrogen) atoms. The molecule has 3 aromatic rings. The van der Waals surface area contributed by atoms with E-state index < -0.39 is 5.54 Å². The summed E-state index contributed by atoms with van der Waals surface area (Å²) in [5, 5.41) is 15.2. The molecule has 1 aromatic carbocycles. The van der Waals surface area contributed by atoms with Crippen LogP contribution < -0.4 is 16.2 Å². The monoisotopic (exact) mass is 530 g/mol. The van der Waals surface area contributed by atoms with Gasteiger partial charge in [-0.1, -0.05) is 6.07 Å². The van der Waals surface area contributed by atoms with Gasteiger partial charge in [-0.05, 0) is 109 Å². The average Bonchev–Trinajstić information content (AvgIpc) is 3.66. The van der Waals surface area contributed by atoms with Crippen LogP contribution in [0.4, 0.5) is 11.6 Å². The number of aromatic nitrogens is 4. The first-order valence-corrected chi connectivity index (χ1v) is 13.7. The van der Waals surface area contributed by atoms with Crippen molar-refractivity contribution in [1.29, 1.82) is 5.41 Å². The van der Waals surface area contributed by atoms with Gasteiger partial charge in [0.15, 0.2) is 5.65 Å². The highest BCUT2D eigenvalue weighted by Gasteiger charge is 2.31. The zero-order valence-electron chi connectivity index (χ0n) is 23.4. The van der Waals surface area contributed by atoms with Crippen molar-refractivity contribution in [2.45, 2.75) is 70.9 Å². The van der Waals surface area contributed by atoms with Crippen LogP contribution in [-0.2, 0) is 4.79 Å². The molecule has 0 atom stereocenters. The average molecular weight is 531 g/mol. The van der Waals surface area contributed by atoms with Crippen LogP contribution in [-0.4, -0.2) is 61.7 Å². The summed E-state index contributed by atoms with van der Waals surface area (Å²) in [5.41, 5.74) is 3.21. The molecule has 1 aliphatic heterocycles. The minimum atomic E-state index is -0.392. The molecule has 2 aromatic heterocycles. The summed E-state index contributed by atoms with van der Waals surface area (Å²) in [4.78, 5) is 37.0. The third-order valence-corrected chi connectivity index (χ3v) is 7.32. The number of anilines is 2. The van der Waals surface area contributed by atoms with Crippen molar-refractivity contribution < 1.29 is 4.79 Å². The van der Waals surface area contributed by atoms with Crippen molar-refractivity contribution in [3.05, 3.63) is 58.0 Å². The number of aryl methyl sites for hydroxylation is 1. The molecule has 1 saturated carbocycles. The van der Waals surface area contributed by atoms with Crippen LogP contribution in [0.2, 0.25) is 0 Å². The van der Waals surface area contributed by atoms with E-state index in [2.05, 4.69) is 57.7 Å². The standard InChI is InChI=1S/C29H38N8O2/c1-18-16-20(6-9-22(18)19-12-14-35(5)15-13-19)32-28-31-17-23-26(33-28)37(36(27(23)39)21-7-8-21)24(30)10-11-25(38)34-29(2,3)4/h6,9-11,16-17,19,21,30H,7-8,12-15H2,1-5H3,(H,34,38)(H,31,32,33)/b11-10-,30-24?. The summed E-state index contributed by atoms with van der Waals surface area (Å²) < 4.78 is 3.06. The fraction of sp³-hybridized carbons (Fsp3) is 0.483. The minimum Gasteiger partial charge on any atom is -0.348 e. The smallest absolute Gasteiger partial charge is 0.278 e. The van der Waals surface area contributed by atoms with E-state index in [1.165, 1.54) is 34.2 Å². The quantitative estimate of drug-likeness (QED) is 0.251. The van der Waals surface area contributed by atoms with Gasteiger partial charge in [-0.15, -0.1) is 0 Å². The number of likely N-dealkylation sites (tertiary alicyclic amines) is 1. The second kappa shape index (κ2) is 10.4. The fourth-order valence-corrected chi connectivity index (χ4v) is 5.24. The first-order chi connectivity index (χ1) is 18.5. The number of benzene rings is 1. The number of allylic oxidation sites excluding steroid dienone is 1. The van der Waals surface area contributed by atoms with Crippen molar-refractivity contribution in [2.75, 3.05) is 25.5 Å². The molecule has 2 aliphatic rings. The molecule has 5 rings (SSSR count). The van der Waals surface area contributed by atoms with E-state index in [9.17, 15) is 9.59 Å². The van der Waals surface area contributed by atoms with Crippen LogP contribution in [0.1, 0.15) is 69.5 Å². The van der Waals surface area contributed by atoms with E-state index in [0.29, 0.717) is 22.9 Å². The Morgan fingerprint density at radius 3 is 2.49 bits per heavy atom. The van der Waals surface area contributed by atoms with Gasteiger partial charge in [-0.2, -0.15) is 4.98 Å². The number of carbonyl (C=O) groups is 1. The highest BCUT2D eigenvalue weighted by atomic mass is 16.1. The van der Waals surface area contributed by atoms with Crippen molar-refractivity contribution in [3.8, 4) is 0 Å². The number of fused-ring (bicyclic) bond motifs is 1. The molecule has 0 radical (unpaired) electrons. The summed E-state index contributed by atoms with van der Waals surface area (Å²) in [5.74, 6) is 0.600. The number of hydrogen-bond donors (Lipinski definition) is 3. The van der Waals surface area contributed by atoms with E-state index in [4.69, 9.17) is 5.41 Å². The third-order valence-electron chi connectivity index (χ3n) is 7.32. The number of hydrogen-bond acceptors (Lipinski definition) is 7. The lowest BCUT2D eigenvalue weighted by Crippen LogP contribution is -2.39. The normalized spacial score (nSPS) is 17.2. The zero-order chi connectivity index (χ0) is 27.9. The maximum absolute atomic E-state index is 13.2. The number of carbonyl (C=O) groups excluding carboxylic acids is 1. The van der Waals surface area contributed by atoms with Crippen LogP contribution in [0.25, 0.3) is 11.0 Å². The van der Waals surface area contributed by atoms with E-state index in [-0.39, 0.29) is 23.3 Å². The Morgan fingerprint density at radius 2 is 1.85 bits per heavy atom. The molecular weight excluding hydrogens is 492 g/mol. The number of nitrogens with zero attached hydrogens (tertiary/aromatic N) is 5. The Labute approximate surface area is 228 Å². The van der Waals surface area contributed by atoms with Gasteiger partial charge in [-0.3, -0.25) is 15.0 Å². The molecule has 3 N–H and O–H groups in total. The van der Waals surface area contributed by atoms with Crippen LogP contribution in [0.15, 0.2) is 41.3 Å². The Balaban J connectivity index is 1.43. The molecule has 10 nitrogen and oxygen atoms in total. The maximum atomic E-state index is 13.2. The van der Waals surface area contributed by atoms with Crippen molar-refractivity contribution in [1.82, 2.24) is 29.5 Å². The first-order valence-electron chi connectivity index (χ1n) is 13.7. The van der Waals surface area contributed by atoms with Crippen LogP contribution >= 0.6 is 0 Å². The lowest BCUT2D eigenvalue weighted by atomic mass is 9.87. The first kappa shape index (κ1) is 26.8. The molecule has 10 heteroatoms. The summed E-state index contributed by atoms with van der Waals surface area (Å²) in [7, 11) is 2.17. The molecule has 206 valence electrons. The van der Waals surface area contributed by atoms with Crippen LogP contribution in [0, 0.1) is 12.3 Å². The number of nitrogens with one attached hydrogen (secondary N) is 3. The number of piperidine rings is 1. The van der Waals surface area contributed by atoms with Gasteiger partial charge in [0, 0.05) is 23.5 Å². The largest absolute Gasteiger partial charge is 0.348 e. The summed E-state index contributed by atoms with van der Waals surface area (Å²) in [6, 6.07) is 6.36. The van der Waals surface area contributed by atoms with E-state index in [1.54, 1.807) is 4.68 Å². The third kappa shape index (κ3) is 5.95. The molecule has 3 heterocycles. The highest BCUT2D eigenvalue weighted by Crippen LogP contribution is 2.35. The lowest BCUT2D eigenvalue weighted by Gasteiger charge is -2.30. The highest BCUT2D eigenvalue weighted by molar-refractivity contribution is 6.02. The van der Waals surface area contributed by atoms with Gasteiger partial charge >= 0.3 is 0 Å². The molecule has 1 amide bonds. The molecule has 2 fully saturated rings. The molecular formula is C29H38N8O2. The van der Waals surface area contributed by atoms with Crippen molar-refractivity contribution >= 4 is 34.4 Å². The Hall–Kier alpha value is -3.79. The summed E-state index contributed by atoms with van der Waals surface area (Å²) >= 11 is 0. The number of amides is 1. The fourth-order valence-electron chi connectivity index (χ4n) is 5.24. The predicted octanol–water partition coefficient (Wildman–Crippen LogP) is 4.09. The molecule has 0 spiro atoms. The topological polar surface area (TPSA) is 121 Å². The van der Waals surface area contributed by atoms with Gasteiger partial charge in [-0.25, -0.2) is 14.3 Å². The SMILES string of the molecule is Cc1cc(Nc2ncc3c(=O)n(C4CC4)n(C(=N)/C=C\C(=O)NC(C)(C)C)c3n2)ccc1C1CCN(C)CC1. The summed E-state index contributed by atoms with van der Waals surface area (Å²) in [6.45, 7) is 10.0. The molecule has 0 unspecified atom stereocenters. The van der Waals surface area contributed by atoms with Gasteiger partial charge in [0.25, 0.3) is 5.56 Å². The van der Waals surface area contributed by atoms with Crippen molar-refractivity contribution in [2.24, 2.45) is 0 Å².